The van der Waals surface area contributed by atoms with E-state index in [-0.39, 0.29) is 11.9 Å². The molecular formula is C17H14ClFN2. The third kappa shape index (κ3) is 2.75. The van der Waals surface area contributed by atoms with Crippen molar-refractivity contribution in [2.75, 3.05) is 0 Å². The molecule has 0 aliphatic rings. The van der Waals surface area contributed by atoms with Crippen LogP contribution in [0.5, 0.6) is 0 Å². The fourth-order valence-corrected chi connectivity index (χ4v) is 2.76. The molecule has 21 heavy (non-hydrogen) atoms. The van der Waals surface area contributed by atoms with Gasteiger partial charge in [-0.3, -0.25) is 4.98 Å². The third-order valence-corrected chi connectivity index (χ3v) is 3.96. The molecule has 1 heterocycles. The first-order valence-corrected chi connectivity index (χ1v) is 7.05. The number of rotatable bonds is 3. The van der Waals surface area contributed by atoms with Gasteiger partial charge in [0.15, 0.2) is 0 Å². The zero-order valence-corrected chi connectivity index (χ0v) is 12.0. The Kier molecular flexibility index (Phi) is 3.86. The van der Waals surface area contributed by atoms with Gasteiger partial charge in [-0.15, -0.1) is 0 Å². The van der Waals surface area contributed by atoms with E-state index in [0.29, 0.717) is 17.0 Å². The summed E-state index contributed by atoms with van der Waals surface area (Å²) in [4.78, 5) is 4.14. The molecule has 0 bridgehead atoms. The minimum absolute atomic E-state index is 0.323. The zero-order valence-electron chi connectivity index (χ0n) is 11.3. The molecule has 3 rings (SSSR count). The number of pyridine rings is 1. The maximum atomic E-state index is 13.9. The zero-order chi connectivity index (χ0) is 14.8. The predicted molar refractivity (Wildman–Crippen MR) is 83.8 cm³/mol. The Hall–Kier alpha value is -1.97. The Bertz CT molecular complexity index is 763. The van der Waals surface area contributed by atoms with Crippen molar-refractivity contribution in [1.82, 2.24) is 4.98 Å². The lowest BCUT2D eigenvalue weighted by Gasteiger charge is -2.16. The van der Waals surface area contributed by atoms with Gasteiger partial charge in [0, 0.05) is 34.4 Å². The van der Waals surface area contributed by atoms with Crippen molar-refractivity contribution in [2.24, 2.45) is 5.73 Å². The highest BCUT2D eigenvalue weighted by Crippen LogP contribution is 2.28. The molecule has 0 radical (unpaired) electrons. The standard InChI is InChI=1S/C17H14ClFN2/c18-15-5-2-6-16(19)13(15)9-17(20)12-4-1-3-11-7-8-21-10-14(11)12/h1-8,10,17H,9,20H2. The monoisotopic (exact) mass is 300 g/mol. The van der Waals surface area contributed by atoms with Crippen LogP contribution in [0, 0.1) is 5.82 Å². The molecule has 0 amide bonds. The van der Waals surface area contributed by atoms with Crippen molar-refractivity contribution in [3.05, 3.63) is 76.8 Å². The number of fused-ring (bicyclic) bond motifs is 1. The van der Waals surface area contributed by atoms with Crippen molar-refractivity contribution in [3.63, 3.8) is 0 Å². The molecule has 1 aromatic heterocycles. The van der Waals surface area contributed by atoms with Gasteiger partial charge in [0.25, 0.3) is 0 Å². The number of nitrogens with zero attached hydrogens (tertiary/aromatic N) is 1. The number of aromatic nitrogens is 1. The van der Waals surface area contributed by atoms with E-state index in [1.54, 1.807) is 24.5 Å². The summed E-state index contributed by atoms with van der Waals surface area (Å²) in [5.74, 6) is -0.323. The number of hydrogen-bond donors (Lipinski definition) is 1. The van der Waals surface area contributed by atoms with Gasteiger partial charge in [-0.1, -0.05) is 35.9 Å². The van der Waals surface area contributed by atoms with Crippen LogP contribution in [0.25, 0.3) is 10.8 Å². The van der Waals surface area contributed by atoms with Crippen LogP contribution in [0.4, 0.5) is 4.39 Å². The molecule has 2 N–H and O–H groups in total. The summed E-state index contributed by atoms with van der Waals surface area (Å²) in [7, 11) is 0. The van der Waals surface area contributed by atoms with Crippen LogP contribution in [0.15, 0.2) is 54.9 Å². The Balaban J connectivity index is 2.00. The number of halogens is 2. The van der Waals surface area contributed by atoms with Crippen molar-refractivity contribution < 1.29 is 4.39 Å². The van der Waals surface area contributed by atoms with Crippen LogP contribution >= 0.6 is 11.6 Å². The molecule has 0 fully saturated rings. The van der Waals surface area contributed by atoms with E-state index in [2.05, 4.69) is 4.98 Å². The first-order chi connectivity index (χ1) is 10.2. The molecule has 0 aliphatic heterocycles. The second-order valence-electron chi connectivity index (χ2n) is 4.95. The second kappa shape index (κ2) is 5.80. The van der Waals surface area contributed by atoms with Crippen molar-refractivity contribution in [2.45, 2.75) is 12.5 Å². The summed E-state index contributed by atoms with van der Waals surface area (Å²) >= 11 is 6.07. The first kappa shape index (κ1) is 14.0. The lowest BCUT2D eigenvalue weighted by atomic mass is 9.95. The van der Waals surface area contributed by atoms with Crippen molar-refractivity contribution in [1.29, 1.82) is 0 Å². The lowest BCUT2D eigenvalue weighted by Crippen LogP contribution is -2.15. The van der Waals surface area contributed by atoms with Gasteiger partial charge in [-0.25, -0.2) is 4.39 Å². The van der Waals surface area contributed by atoms with E-state index in [1.807, 2.05) is 24.3 Å². The van der Waals surface area contributed by atoms with E-state index in [4.69, 9.17) is 17.3 Å². The molecule has 1 atom stereocenters. The van der Waals surface area contributed by atoms with Gasteiger partial charge in [0.1, 0.15) is 5.82 Å². The maximum absolute atomic E-state index is 13.9. The molecular weight excluding hydrogens is 287 g/mol. The summed E-state index contributed by atoms with van der Waals surface area (Å²) < 4.78 is 13.9. The average Bonchev–Trinajstić information content (AvgIpc) is 2.50. The van der Waals surface area contributed by atoms with Crippen LogP contribution in [-0.4, -0.2) is 4.98 Å². The fourth-order valence-electron chi connectivity index (χ4n) is 2.52. The van der Waals surface area contributed by atoms with Gasteiger partial charge in [-0.2, -0.15) is 0 Å². The summed E-state index contributed by atoms with van der Waals surface area (Å²) in [6.45, 7) is 0. The summed E-state index contributed by atoms with van der Waals surface area (Å²) in [6.07, 6.45) is 3.87. The second-order valence-corrected chi connectivity index (χ2v) is 5.36. The van der Waals surface area contributed by atoms with E-state index < -0.39 is 0 Å². The normalized spacial score (nSPS) is 12.5. The maximum Gasteiger partial charge on any atom is 0.127 e. The summed E-state index contributed by atoms with van der Waals surface area (Å²) in [5.41, 5.74) is 7.67. The lowest BCUT2D eigenvalue weighted by molar-refractivity contribution is 0.594. The quantitative estimate of drug-likeness (QED) is 0.784. The van der Waals surface area contributed by atoms with E-state index in [0.717, 1.165) is 16.3 Å². The van der Waals surface area contributed by atoms with E-state index >= 15 is 0 Å². The van der Waals surface area contributed by atoms with Gasteiger partial charge in [-0.05, 0) is 35.6 Å². The average molecular weight is 301 g/mol. The molecule has 0 aliphatic carbocycles. The van der Waals surface area contributed by atoms with Gasteiger partial charge in [0.2, 0.25) is 0 Å². The van der Waals surface area contributed by atoms with E-state index in [1.165, 1.54) is 6.07 Å². The molecule has 3 aromatic rings. The Morgan fingerprint density at radius 3 is 2.76 bits per heavy atom. The SMILES string of the molecule is NC(Cc1c(F)cccc1Cl)c1cccc2ccncc12. The summed E-state index contributed by atoms with van der Waals surface area (Å²) in [6, 6.07) is 12.2. The molecule has 2 nitrogen and oxygen atoms in total. The third-order valence-electron chi connectivity index (χ3n) is 3.60. The number of nitrogens with two attached hydrogens (primary N) is 1. The Morgan fingerprint density at radius 1 is 1.14 bits per heavy atom. The molecule has 0 spiro atoms. The first-order valence-electron chi connectivity index (χ1n) is 6.68. The minimum atomic E-state index is -0.340. The smallest absolute Gasteiger partial charge is 0.127 e. The Labute approximate surface area is 127 Å². The van der Waals surface area contributed by atoms with Crippen LogP contribution in [-0.2, 0) is 6.42 Å². The molecule has 0 saturated carbocycles. The van der Waals surface area contributed by atoms with Crippen molar-refractivity contribution in [3.8, 4) is 0 Å². The Morgan fingerprint density at radius 2 is 1.95 bits per heavy atom. The summed E-state index contributed by atoms with van der Waals surface area (Å²) in [5, 5.41) is 2.46. The highest BCUT2D eigenvalue weighted by atomic mass is 35.5. The van der Waals surface area contributed by atoms with Crippen molar-refractivity contribution >= 4 is 22.4 Å². The van der Waals surface area contributed by atoms with Crippen LogP contribution in [0.3, 0.4) is 0 Å². The van der Waals surface area contributed by atoms with Gasteiger partial charge >= 0.3 is 0 Å². The van der Waals surface area contributed by atoms with Crippen LogP contribution in [0.2, 0.25) is 5.02 Å². The van der Waals surface area contributed by atoms with E-state index in [9.17, 15) is 4.39 Å². The largest absolute Gasteiger partial charge is 0.324 e. The molecule has 2 aromatic carbocycles. The molecule has 1 unspecified atom stereocenters. The number of benzene rings is 2. The van der Waals surface area contributed by atoms with Crippen LogP contribution in [0.1, 0.15) is 17.2 Å². The van der Waals surface area contributed by atoms with Gasteiger partial charge in [0.05, 0.1) is 0 Å². The highest BCUT2D eigenvalue weighted by molar-refractivity contribution is 6.31. The molecule has 4 heteroatoms. The van der Waals surface area contributed by atoms with Crippen LogP contribution < -0.4 is 5.73 Å². The van der Waals surface area contributed by atoms with Gasteiger partial charge < -0.3 is 5.73 Å². The number of hydrogen-bond acceptors (Lipinski definition) is 2. The molecule has 106 valence electrons. The minimum Gasteiger partial charge on any atom is -0.324 e. The predicted octanol–water partition coefficient (Wildman–Crippen LogP) is 4.27. The topological polar surface area (TPSA) is 38.9 Å². The fraction of sp³-hybridized carbons (Fsp3) is 0.118. The highest BCUT2D eigenvalue weighted by Gasteiger charge is 2.15. The molecule has 0 saturated heterocycles.